The van der Waals surface area contributed by atoms with Gasteiger partial charge in [0.05, 0.1) is 11.6 Å². The van der Waals surface area contributed by atoms with E-state index in [4.69, 9.17) is 4.42 Å². The molecule has 1 atom stereocenters. The topological polar surface area (TPSA) is 74.0 Å². The number of ketones is 1. The average molecular weight is 447 g/mol. The molecule has 172 valence electrons. The van der Waals surface area contributed by atoms with Gasteiger partial charge in [0, 0.05) is 18.5 Å². The van der Waals surface area contributed by atoms with Crippen LogP contribution in [0, 0.1) is 6.92 Å². The van der Waals surface area contributed by atoms with Crippen LogP contribution in [0.15, 0.2) is 64.3 Å². The van der Waals surface area contributed by atoms with Crippen LogP contribution in [-0.2, 0) is 4.79 Å². The van der Waals surface area contributed by atoms with Crippen LogP contribution in [0.2, 0.25) is 0 Å². The van der Waals surface area contributed by atoms with Crippen LogP contribution in [0.4, 0.5) is 0 Å². The van der Waals surface area contributed by atoms with Crippen molar-refractivity contribution in [2.24, 2.45) is 0 Å². The Morgan fingerprint density at radius 3 is 2.45 bits per heavy atom. The van der Waals surface area contributed by atoms with Gasteiger partial charge in [-0.05, 0) is 56.3 Å². The Labute approximate surface area is 194 Å². The van der Waals surface area contributed by atoms with Crippen LogP contribution in [-0.4, -0.2) is 53.8 Å². The van der Waals surface area contributed by atoms with Gasteiger partial charge >= 0.3 is 0 Å². The van der Waals surface area contributed by atoms with E-state index in [0.29, 0.717) is 24.6 Å². The standard InChI is InChI=1S/C27H30N2O4/c1-16(2)18-7-9-19(10-8-18)24-23(26(31)27(32)29(24)13-12-28(4)5)25(30)22-15-20-14-17(3)6-11-21(20)33-22/h6-11,14-16,24,31H,12-13H2,1-5H3. The third-order valence-electron chi connectivity index (χ3n) is 6.15. The maximum absolute atomic E-state index is 13.6. The minimum atomic E-state index is -0.680. The lowest BCUT2D eigenvalue weighted by Gasteiger charge is -2.28. The maximum Gasteiger partial charge on any atom is 0.290 e. The number of aliphatic hydroxyl groups excluding tert-OH is 1. The van der Waals surface area contributed by atoms with E-state index < -0.39 is 23.5 Å². The van der Waals surface area contributed by atoms with E-state index in [2.05, 4.69) is 13.8 Å². The Balaban J connectivity index is 1.78. The highest BCUT2D eigenvalue weighted by molar-refractivity contribution is 6.16. The number of furan rings is 1. The van der Waals surface area contributed by atoms with Gasteiger partial charge in [-0.1, -0.05) is 49.7 Å². The van der Waals surface area contributed by atoms with Gasteiger partial charge < -0.3 is 19.3 Å². The van der Waals surface area contributed by atoms with E-state index >= 15 is 0 Å². The van der Waals surface area contributed by atoms with Crippen molar-refractivity contribution < 1.29 is 19.1 Å². The fourth-order valence-electron chi connectivity index (χ4n) is 4.24. The predicted molar refractivity (Wildman–Crippen MR) is 128 cm³/mol. The fraction of sp³-hybridized carbons (Fsp3) is 0.333. The van der Waals surface area contributed by atoms with E-state index in [9.17, 15) is 14.7 Å². The molecule has 0 saturated carbocycles. The Kier molecular flexibility index (Phi) is 6.13. The largest absolute Gasteiger partial charge is 0.503 e. The molecule has 1 aliphatic rings. The highest BCUT2D eigenvalue weighted by Crippen LogP contribution is 2.39. The molecule has 6 nitrogen and oxygen atoms in total. The molecule has 3 aromatic rings. The van der Waals surface area contributed by atoms with Crippen LogP contribution in [0.1, 0.15) is 53.1 Å². The molecule has 0 radical (unpaired) electrons. The van der Waals surface area contributed by atoms with Crippen molar-refractivity contribution in [3.05, 3.63) is 82.3 Å². The molecule has 6 heteroatoms. The Bertz CT molecular complexity index is 1230. The van der Waals surface area contributed by atoms with Crippen molar-refractivity contribution >= 4 is 22.7 Å². The Morgan fingerprint density at radius 2 is 1.82 bits per heavy atom. The summed E-state index contributed by atoms with van der Waals surface area (Å²) >= 11 is 0. The molecule has 2 heterocycles. The van der Waals surface area contributed by atoms with Gasteiger partial charge in [0.15, 0.2) is 11.5 Å². The summed E-state index contributed by atoms with van der Waals surface area (Å²) in [6.45, 7) is 7.17. The third kappa shape index (κ3) is 4.31. The van der Waals surface area contributed by atoms with E-state index in [1.54, 1.807) is 11.0 Å². The smallest absolute Gasteiger partial charge is 0.290 e. The normalized spacial score (nSPS) is 16.6. The molecule has 0 aliphatic carbocycles. The second kappa shape index (κ2) is 8.87. The highest BCUT2D eigenvalue weighted by Gasteiger charge is 2.44. The lowest BCUT2D eigenvalue weighted by atomic mass is 9.93. The molecular weight excluding hydrogens is 416 g/mol. The Morgan fingerprint density at radius 1 is 1.12 bits per heavy atom. The van der Waals surface area contributed by atoms with Gasteiger partial charge in [-0.2, -0.15) is 0 Å². The van der Waals surface area contributed by atoms with Crippen molar-refractivity contribution in [1.82, 2.24) is 9.80 Å². The number of Topliss-reactive ketones (excluding diaryl/α,β-unsaturated/α-hetero) is 1. The number of nitrogens with zero attached hydrogens (tertiary/aromatic N) is 2. The number of carbonyl (C=O) groups excluding carboxylic acids is 2. The first kappa shape index (κ1) is 22.8. The first-order chi connectivity index (χ1) is 15.7. The molecule has 2 aromatic carbocycles. The minimum absolute atomic E-state index is 0.0619. The fourth-order valence-corrected chi connectivity index (χ4v) is 4.24. The van der Waals surface area contributed by atoms with Crippen molar-refractivity contribution in [2.45, 2.75) is 32.7 Å². The zero-order valence-electron chi connectivity index (χ0n) is 19.8. The molecule has 0 bridgehead atoms. The summed E-state index contributed by atoms with van der Waals surface area (Å²) in [6.07, 6.45) is 0. The van der Waals surface area contributed by atoms with Gasteiger partial charge in [0.2, 0.25) is 5.78 Å². The summed E-state index contributed by atoms with van der Waals surface area (Å²) in [7, 11) is 3.84. The monoisotopic (exact) mass is 446 g/mol. The van der Waals surface area contributed by atoms with Gasteiger partial charge in [-0.3, -0.25) is 9.59 Å². The van der Waals surface area contributed by atoms with E-state index in [0.717, 1.165) is 22.1 Å². The van der Waals surface area contributed by atoms with Gasteiger partial charge in [-0.15, -0.1) is 0 Å². The molecule has 0 saturated heterocycles. The van der Waals surface area contributed by atoms with Crippen LogP contribution in [0.5, 0.6) is 0 Å². The summed E-state index contributed by atoms with van der Waals surface area (Å²) in [6, 6.07) is 14.6. The lowest BCUT2D eigenvalue weighted by Crippen LogP contribution is -2.36. The summed E-state index contributed by atoms with van der Waals surface area (Å²) in [4.78, 5) is 30.2. The quantitative estimate of drug-likeness (QED) is 0.517. The number of rotatable bonds is 7. The molecule has 33 heavy (non-hydrogen) atoms. The van der Waals surface area contributed by atoms with Crippen molar-refractivity contribution in [3.63, 3.8) is 0 Å². The maximum atomic E-state index is 13.6. The van der Waals surface area contributed by atoms with Crippen LogP contribution >= 0.6 is 0 Å². The predicted octanol–water partition coefficient (Wildman–Crippen LogP) is 5.00. The first-order valence-electron chi connectivity index (χ1n) is 11.2. The van der Waals surface area contributed by atoms with Crippen LogP contribution in [0.25, 0.3) is 11.0 Å². The molecule has 1 amide bonds. The molecule has 1 aliphatic heterocycles. The van der Waals surface area contributed by atoms with E-state index in [-0.39, 0.29) is 11.3 Å². The highest BCUT2D eigenvalue weighted by atomic mass is 16.3. The van der Waals surface area contributed by atoms with Crippen molar-refractivity contribution in [1.29, 1.82) is 0 Å². The summed E-state index contributed by atoms with van der Waals surface area (Å²) < 4.78 is 5.82. The molecular formula is C27H30N2O4. The number of benzene rings is 2. The van der Waals surface area contributed by atoms with Gasteiger partial charge in [0.1, 0.15) is 5.58 Å². The number of carbonyl (C=O) groups is 2. The van der Waals surface area contributed by atoms with Crippen LogP contribution < -0.4 is 0 Å². The number of fused-ring (bicyclic) bond motifs is 1. The van der Waals surface area contributed by atoms with Crippen molar-refractivity contribution in [3.8, 4) is 0 Å². The zero-order chi connectivity index (χ0) is 23.9. The summed E-state index contributed by atoms with van der Waals surface area (Å²) in [5.41, 5.74) is 3.66. The average Bonchev–Trinajstić information content (AvgIpc) is 3.30. The van der Waals surface area contributed by atoms with Crippen LogP contribution in [0.3, 0.4) is 0 Å². The van der Waals surface area contributed by atoms with Crippen molar-refractivity contribution in [2.75, 3.05) is 27.2 Å². The number of hydrogen-bond acceptors (Lipinski definition) is 5. The van der Waals surface area contributed by atoms with Gasteiger partial charge in [0.25, 0.3) is 5.91 Å². The SMILES string of the molecule is Cc1ccc2oc(C(=O)C3=C(O)C(=O)N(CCN(C)C)C3c3ccc(C(C)C)cc3)cc2c1. The number of likely N-dealkylation sites (N-methyl/N-ethyl adjacent to an activating group) is 1. The zero-order valence-corrected chi connectivity index (χ0v) is 19.8. The molecule has 1 unspecified atom stereocenters. The first-order valence-corrected chi connectivity index (χ1v) is 11.2. The summed E-state index contributed by atoms with van der Waals surface area (Å²) in [5.74, 6) is -1.04. The minimum Gasteiger partial charge on any atom is -0.503 e. The molecule has 0 fully saturated rings. The number of aliphatic hydroxyl groups is 1. The lowest BCUT2D eigenvalue weighted by molar-refractivity contribution is -0.129. The molecule has 0 spiro atoms. The van der Waals surface area contributed by atoms with Gasteiger partial charge in [-0.25, -0.2) is 0 Å². The summed E-state index contributed by atoms with van der Waals surface area (Å²) in [5, 5.41) is 11.6. The number of aryl methyl sites for hydroxylation is 1. The number of hydrogen-bond donors (Lipinski definition) is 1. The van der Waals surface area contributed by atoms with E-state index in [1.165, 1.54) is 0 Å². The molecule has 1 N–H and O–H groups in total. The molecule has 4 rings (SSSR count). The number of amides is 1. The second-order valence-electron chi connectivity index (χ2n) is 9.27. The molecule has 1 aromatic heterocycles. The second-order valence-corrected chi connectivity index (χ2v) is 9.27. The third-order valence-corrected chi connectivity index (χ3v) is 6.15. The van der Waals surface area contributed by atoms with E-state index in [1.807, 2.05) is 68.4 Å². The Hall–Kier alpha value is -3.38.